The van der Waals surface area contributed by atoms with Gasteiger partial charge in [-0.1, -0.05) is 23.5 Å². The zero-order chi connectivity index (χ0) is 14.4. The van der Waals surface area contributed by atoms with Crippen LogP contribution in [0.15, 0.2) is 24.3 Å². The number of hydrogen-bond acceptors (Lipinski definition) is 6. The van der Waals surface area contributed by atoms with Crippen molar-refractivity contribution >= 4 is 22.4 Å². The summed E-state index contributed by atoms with van der Waals surface area (Å²) < 4.78 is 5.63. The first-order valence-corrected chi connectivity index (χ1v) is 7.01. The van der Waals surface area contributed by atoms with Gasteiger partial charge in [-0.2, -0.15) is 0 Å². The van der Waals surface area contributed by atoms with Crippen LogP contribution in [0.25, 0.3) is 0 Å². The number of aryl methyl sites for hydroxylation is 1. The second-order valence-electron chi connectivity index (χ2n) is 4.17. The molecule has 3 N–H and O–H groups in total. The van der Waals surface area contributed by atoms with Crippen molar-refractivity contribution in [1.29, 1.82) is 0 Å². The van der Waals surface area contributed by atoms with E-state index in [0.29, 0.717) is 18.2 Å². The fourth-order valence-corrected chi connectivity index (χ4v) is 2.27. The van der Waals surface area contributed by atoms with Crippen LogP contribution < -0.4 is 15.8 Å². The minimum Gasteiger partial charge on any atom is -0.493 e. The highest BCUT2D eigenvalue weighted by molar-refractivity contribution is 7.15. The van der Waals surface area contributed by atoms with Crippen molar-refractivity contribution in [2.45, 2.75) is 13.3 Å². The number of rotatable bonds is 6. The second-order valence-corrected chi connectivity index (χ2v) is 5.23. The highest BCUT2D eigenvalue weighted by atomic mass is 32.1. The van der Waals surface area contributed by atoms with E-state index < -0.39 is 0 Å². The van der Waals surface area contributed by atoms with Gasteiger partial charge in [0.1, 0.15) is 10.8 Å². The molecule has 0 fully saturated rings. The van der Waals surface area contributed by atoms with E-state index in [1.807, 2.05) is 31.2 Å². The Kier molecular flexibility index (Phi) is 5.03. The van der Waals surface area contributed by atoms with Gasteiger partial charge in [0.25, 0.3) is 0 Å². The summed E-state index contributed by atoms with van der Waals surface area (Å²) in [6.45, 7) is 2.47. The smallest absolute Gasteiger partial charge is 0.239 e. The number of aromatic nitrogens is 2. The van der Waals surface area contributed by atoms with Crippen molar-refractivity contribution in [1.82, 2.24) is 10.2 Å². The molecule has 2 aromatic rings. The van der Waals surface area contributed by atoms with Gasteiger partial charge < -0.3 is 10.5 Å². The molecular formula is C13H16N4O2S. The van der Waals surface area contributed by atoms with E-state index in [9.17, 15) is 4.79 Å². The van der Waals surface area contributed by atoms with Crippen molar-refractivity contribution in [3.63, 3.8) is 0 Å². The average molecular weight is 292 g/mol. The summed E-state index contributed by atoms with van der Waals surface area (Å²) >= 11 is 1.33. The molecule has 1 aromatic carbocycles. The molecule has 1 aromatic heterocycles. The maximum Gasteiger partial charge on any atom is 0.239 e. The Morgan fingerprint density at radius 2 is 2.30 bits per heavy atom. The van der Waals surface area contributed by atoms with Crippen LogP contribution in [0.3, 0.4) is 0 Å². The Morgan fingerprint density at radius 1 is 1.45 bits per heavy atom. The first kappa shape index (κ1) is 14.4. The number of anilines is 1. The van der Waals surface area contributed by atoms with E-state index in [1.165, 1.54) is 11.3 Å². The van der Waals surface area contributed by atoms with E-state index in [-0.39, 0.29) is 12.5 Å². The normalized spacial score (nSPS) is 10.3. The largest absolute Gasteiger partial charge is 0.493 e. The Labute approximate surface area is 121 Å². The minimum atomic E-state index is -0.274. The molecule has 1 amide bonds. The Hall–Kier alpha value is -1.99. The van der Waals surface area contributed by atoms with E-state index in [2.05, 4.69) is 15.5 Å². The molecule has 0 aliphatic heterocycles. The molecule has 6 nitrogen and oxygen atoms in total. The minimum absolute atomic E-state index is 0.0641. The third-order valence-corrected chi connectivity index (χ3v) is 3.37. The van der Waals surface area contributed by atoms with Gasteiger partial charge in [0.15, 0.2) is 0 Å². The number of ether oxygens (including phenoxy) is 1. The number of amides is 1. The molecule has 0 radical (unpaired) electrons. The van der Waals surface area contributed by atoms with Crippen LogP contribution >= 0.6 is 11.3 Å². The van der Waals surface area contributed by atoms with Gasteiger partial charge in [0.2, 0.25) is 11.0 Å². The number of benzene rings is 1. The highest BCUT2D eigenvalue weighted by Crippen LogP contribution is 2.17. The third-order valence-electron chi connectivity index (χ3n) is 2.47. The monoisotopic (exact) mass is 292 g/mol. The molecule has 0 saturated carbocycles. The molecule has 106 valence electrons. The van der Waals surface area contributed by atoms with Crippen LogP contribution in [0.4, 0.5) is 5.13 Å². The van der Waals surface area contributed by atoms with E-state index in [4.69, 9.17) is 10.5 Å². The van der Waals surface area contributed by atoms with Gasteiger partial charge in [-0.3, -0.25) is 10.1 Å². The summed E-state index contributed by atoms with van der Waals surface area (Å²) in [6.07, 6.45) is 0.643. The Bertz CT molecular complexity index is 585. The molecule has 0 spiro atoms. The molecule has 0 aliphatic rings. The number of carbonyl (C=O) groups is 1. The summed E-state index contributed by atoms with van der Waals surface area (Å²) in [7, 11) is 0. The molecule has 0 aliphatic carbocycles. The van der Waals surface area contributed by atoms with Gasteiger partial charge in [-0.05, 0) is 24.6 Å². The van der Waals surface area contributed by atoms with Crippen LogP contribution in [0, 0.1) is 6.92 Å². The van der Waals surface area contributed by atoms with E-state index in [1.54, 1.807) is 0 Å². The van der Waals surface area contributed by atoms with Gasteiger partial charge in [0, 0.05) is 6.42 Å². The average Bonchev–Trinajstić information content (AvgIpc) is 2.86. The lowest BCUT2D eigenvalue weighted by atomic mass is 10.2. The number of nitrogens with zero attached hydrogens (tertiary/aromatic N) is 2. The molecule has 7 heteroatoms. The standard InChI is InChI=1S/C13H16N4O2S/c1-9-3-2-4-10(7-9)19-6-5-12-16-17-13(20-12)15-11(18)8-14/h2-4,7H,5-6,8,14H2,1H3,(H,15,17,18). The summed E-state index contributed by atoms with van der Waals surface area (Å²) in [5.74, 6) is 0.565. The lowest BCUT2D eigenvalue weighted by Crippen LogP contribution is -2.21. The number of carbonyl (C=O) groups excluding carboxylic acids is 1. The fraction of sp³-hybridized carbons (Fsp3) is 0.308. The highest BCUT2D eigenvalue weighted by Gasteiger charge is 2.07. The molecule has 0 unspecified atom stereocenters. The number of nitrogens with two attached hydrogens (primary N) is 1. The predicted octanol–water partition coefficient (Wildman–Crippen LogP) is 1.37. The maximum absolute atomic E-state index is 11.1. The van der Waals surface area contributed by atoms with Crippen molar-refractivity contribution in [2.75, 3.05) is 18.5 Å². The number of hydrogen-bond donors (Lipinski definition) is 2. The van der Waals surface area contributed by atoms with Crippen LogP contribution in [0.1, 0.15) is 10.6 Å². The summed E-state index contributed by atoms with van der Waals surface area (Å²) in [6, 6.07) is 7.87. The first-order chi connectivity index (χ1) is 9.67. The first-order valence-electron chi connectivity index (χ1n) is 6.19. The quantitative estimate of drug-likeness (QED) is 0.839. The summed E-state index contributed by atoms with van der Waals surface area (Å²) in [5.41, 5.74) is 6.37. The maximum atomic E-state index is 11.1. The lowest BCUT2D eigenvalue weighted by molar-refractivity contribution is -0.114. The molecule has 0 bridgehead atoms. The van der Waals surface area contributed by atoms with Crippen molar-refractivity contribution in [3.8, 4) is 5.75 Å². The van der Waals surface area contributed by atoms with Crippen LogP contribution in [0.5, 0.6) is 5.75 Å². The SMILES string of the molecule is Cc1cccc(OCCc2nnc(NC(=O)CN)s2)c1. The zero-order valence-corrected chi connectivity index (χ0v) is 11.9. The van der Waals surface area contributed by atoms with E-state index in [0.717, 1.165) is 16.3 Å². The molecule has 2 rings (SSSR count). The molecule has 1 heterocycles. The topological polar surface area (TPSA) is 90.1 Å². The van der Waals surface area contributed by atoms with Crippen molar-refractivity contribution in [2.24, 2.45) is 5.73 Å². The van der Waals surface area contributed by atoms with Gasteiger partial charge >= 0.3 is 0 Å². The number of nitrogens with one attached hydrogen (secondary N) is 1. The van der Waals surface area contributed by atoms with Crippen LogP contribution in [-0.4, -0.2) is 29.3 Å². The van der Waals surface area contributed by atoms with Crippen LogP contribution in [-0.2, 0) is 11.2 Å². The zero-order valence-electron chi connectivity index (χ0n) is 11.1. The third kappa shape index (κ3) is 4.29. The predicted molar refractivity (Wildman–Crippen MR) is 78.0 cm³/mol. The van der Waals surface area contributed by atoms with Gasteiger partial charge in [-0.15, -0.1) is 10.2 Å². The molecule has 0 saturated heterocycles. The Morgan fingerprint density at radius 3 is 3.05 bits per heavy atom. The Balaban J connectivity index is 1.81. The summed E-state index contributed by atoms with van der Waals surface area (Å²) in [5, 5.41) is 11.7. The molecule has 20 heavy (non-hydrogen) atoms. The van der Waals surface area contributed by atoms with Crippen molar-refractivity contribution in [3.05, 3.63) is 34.8 Å². The van der Waals surface area contributed by atoms with Gasteiger partial charge in [-0.25, -0.2) is 0 Å². The summed E-state index contributed by atoms with van der Waals surface area (Å²) in [4.78, 5) is 11.1. The van der Waals surface area contributed by atoms with Crippen LogP contribution in [0.2, 0.25) is 0 Å². The molecular weight excluding hydrogens is 276 g/mol. The van der Waals surface area contributed by atoms with Crippen molar-refractivity contribution < 1.29 is 9.53 Å². The fourth-order valence-electron chi connectivity index (χ4n) is 1.54. The van der Waals surface area contributed by atoms with Gasteiger partial charge in [0.05, 0.1) is 13.2 Å². The van der Waals surface area contributed by atoms with E-state index >= 15 is 0 Å². The molecule has 0 atom stereocenters. The second kappa shape index (κ2) is 6.97. The lowest BCUT2D eigenvalue weighted by Gasteiger charge is -2.04.